The fraction of sp³-hybridized carbons (Fsp3) is 0.118. The van der Waals surface area contributed by atoms with Crippen LogP contribution in [0.3, 0.4) is 0 Å². The van der Waals surface area contributed by atoms with Crippen molar-refractivity contribution in [3.63, 3.8) is 0 Å². The number of ether oxygens (including phenoxy) is 1. The van der Waals surface area contributed by atoms with Crippen molar-refractivity contribution < 1.29 is 18.9 Å². The minimum atomic E-state index is -0.700. The Labute approximate surface area is 167 Å². The molecule has 0 aliphatic carbocycles. The third kappa shape index (κ3) is 4.43. The Morgan fingerprint density at radius 1 is 1.39 bits per heavy atom. The third-order valence-corrected chi connectivity index (χ3v) is 4.00. The zero-order valence-corrected chi connectivity index (χ0v) is 16.1. The van der Waals surface area contributed by atoms with Crippen LogP contribution in [0, 0.1) is 10.1 Å². The Bertz CT molecular complexity index is 1020. The molecule has 0 saturated carbocycles. The van der Waals surface area contributed by atoms with Crippen molar-refractivity contribution in [2.24, 2.45) is 5.10 Å². The maximum atomic E-state index is 11.4. The van der Waals surface area contributed by atoms with Crippen molar-refractivity contribution in [2.75, 3.05) is 6.61 Å². The van der Waals surface area contributed by atoms with Gasteiger partial charge in [-0.1, -0.05) is 15.9 Å². The van der Waals surface area contributed by atoms with Crippen molar-refractivity contribution in [2.45, 2.75) is 6.92 Å². The summed E-state index contributed by atoms with van der Waals surface area (Å²) in [6.07, 6.45) is 2.31. The van der Waals surface area contributed by atoms with Crippen molar-refractivity contribution in [1.29, 1.82) is 0 Å². The molecule has 0 atom stereocenters. The minimum Gasteiger partial charge on any atom is -0.449 e. The molecule has 10 nitrogen and oxygen atoms in total. The van der Waals surface area contributed by atoms with Crippen molar-refractivity contribution in [1.82, 2.24) is 15.2 Å². The molecule has 2 aromatic heterocycles. The number of carbonyl (C=O) groups excluding carboxylic acids is 1. The minimum absolute atomic E-state index is 0.195. The fourth-order valence-electron chi connectivity index (χ4n) is 2.27. The number of hydrogen-bond acceptors (Lipinski definition) is 7. The van der Waals surface area contributed by atoms with E-state index in [1.54, 1.807) is 17.8 Å². The van der Waals surface area contributed by atoms with E-state index in [1.165, 1.54) is 18.3 Å². The molecule has 0 spiro atoms. The maximum absolute atomic E-state index is 11.4. The normalized spacial score (nSPS) is 10.9. The van der Waals surface area contributed by atoms with Gasteiger partial charge in [0.15, 0.2) is 5.76 Å². The summed E-state index contributed by atoms with van der Waals surface area (Å²) in [5.74, 6) is -0.208. The summed E-state index contributed by atoms with van der Waals surface area (Å²) in [6, 6.07) is 10.1. The molecule has 1 aromatic carbocycles. The Balaban J connectivity index is 1.97. The number of halogens is 1. The van der Waals surface area contributed by atoms with Crippen LogP contribution in [0.15, 0.2) is 56.6 Å². The summed E-state index contributed by atoms with van der Waals surface area (Å²) in [6.45, 7) is 1.89. The molecule has 11 heteroatoms. The van der Waals surface area contributed by atoms with Crippen LogP contribution in [0.1, 0.15) is 12.5 Å². The molecule has 144 valence electrons. The van der Waals surface area contributed by atoms with Crippen LogP contribution in [0.4, 0.5) is 10.7 Å². The number of nitrogens with one attached hydrogen (secondary N) is 1. The number of nitro groups is 1. The van der Waals surface area contributed by atoms with Gasteiger partial charge < -0.3 is 9.15 Å². The lowest BCUT2D eigenvalue weighted by molar-refractivity contribution is -0.401. The van der Waals surface area contributed by atoms with E-state index in [1.807, 2.05) is 24.3 Å². The topological polar surface area (TPSA) is 125 Å². The molecule has 0 fully saturated rings. The summed E-state index contributed by atoms with van der Waals surface area (Å²) >= 11 is 3.37. The molecule has 0 aliphatic rings. The highest BCUT2D eigenvalue weighted by Crippen LogP contribution is 2.28. The van der Waals surface area contributed by atoms with Gasteiger partial charge in [-0.2, -0.15) is 10.2 Å². The molecule has 28 heavy (non-hydrogen) atoms. The smallest absolute Gasteiger partial charge is 0.433 e. The van der Waals surface area contributed by atoms with E-state index in [0.717, 1.165) is 10.2 Å². The van der Waals surface area contributed by atoms with Crippen molar-refractivity contribution >= 4 is 34.1 Å². The number of hydrazone groups is 1. The first kappa shape index (κ1) is 19.3. The molecular weight excluding hydrogens is 434 g/mol. The number of carbonyl (C=O) groups is 1. The Hall–Kier alpha value is -3.47. The number of amides is 1. The van der Waals surface area contributed by atoms with E-state index in [2.05, 4.69) is 31.6 Å². The lowest BCUT2D eigenvalue weighted by Gasteiger charge is -2.00. The van der Waals surface area contributed by atoms with Crippen molar-refractivity contribution in [3.05, 3.63) is 62.7 Å². The number of nitrogens with zero attached hydrogens (tertiary/aromatic N) is 4. The van der Waals surface area contributed by atoms with Crippen LogP contribution >= 0.6 is 15.9 Å². The van der Waals surface area contributed by atoms with Gasteiger partial charge in [0.1, 0.15) is 10.6 Å². The van der Waals surface area contributed by atoms with Gasteiger partial charge in [-0.3, -0.25) is 10.1 Å². The van der Waals surface area contributed by atoms with Gasteiger partial charge in [0, 0.05) is 16.2 Å². The van der Waals surface area contributed by atoms with Gasteiger partial charge in [-0.15, -0.1) is 0 Å². The largest absolute Gasteiger partial charge is 0.449 e. The predicted octanol–water partition coefficient (Wildman–Crippen LogP) is 3.88. The fourth-order valence-corrected chi connectivity index (χ4v) is 2.53. The van der Waals surface area contributed by atoms with Gasteiger partial charge >= 0.3 is 12.0 Å². The first-order valence-electron chi connectivity index (χ1n) is 8.04. The Kier molecular flexibility index (Phi) is 5.84. The molecule has 0 aliphatic heterocycles. The van der Waals surface area contributed by atoms with E-state index < -0.39 is 16.9 Å². The monoisotopic (exact) mass is 447 g/mol. The molecule has 2 heterocycles. The highest BCUT2D eigenvalue weighted by molar-refractivity contribution is 9.10. The second kappa shape index (κ2) is 8.48. The maximum Gasteiger partial charge on any atom is 0.433 e. The van der Waals surface area contributed by atoms with E-state index in [4.69, 9.17) is 9.15 Å². The average Bonchev–Trinajstić information content (AvgIpc) is 3.30. The Morgan fingerprint density at radius 3 is 2.79 bits per heavy atom. The zero-order chi connectivity index (χ0) is 20.1. The van der Waals surface area contributed by atoms with Gasteiger partial charge in [0.2, 0.25) is 0 Å². The van der Waals surface area contributed by atoms with Gasteiger partial charge in [0.05, 0.1) is 24.6 Å². The summed E-state index contributed by atoms with van der Waals surface area (Å²) < 4.78 is 12.5. The summed E-state index contributed by atoms with van der Waals surface area (Å²) in [5.41, 5.74) is 3.77. The van der Waals surface area contributed by atoms with Crippen molar-refractivity contribution in [3.8, 4) is 17.1 Å². The van der Waals surface area contributed by atoms with E-state index in [0.29, 0.717) is 11.3 Å². The number of rotatable bonds is 6. The lowest BCUT2D eigenvalue weighted by atomic mass is 10.2. The zero-order valence-electron chi connectivity index (χ0n) is 14.5. The summed E-state index contributed by atoms with van der Waals surface area (Å²) in [4.78, 5) is 21.6. The van der Waals surface area contributed by atoms with E-state index in [9.17, 15) is 14.9 Å². The highest BCUT2D eigenvalue weighted by atomic mass is 79.9. The number of hydrogen-bond donors (Lipinski definition) is 1. The first-order valence-corrected chi connectivity index (χ1v) is 8.83. The van der Waals surface area contributed by atoms with Gasteiger partial charge in [0.25, 0.3) is 0 Å². The number of aromatic nitrogens is 2. The van der Waals surface area contributed by atoms with Crippen LogP contribution in [-0.4, -0.2) is 33.6 Å². The molecule has 0 bridgehead atoms. The van der Waals surface area contributed by atoms with E-state index >= 15 is 0 Å². The van der Waals surface area contributed by atoms with E-state index in [-0.39, 0.29) is 12.4 Å². The predicted molar refractivity (Wildman–Crippen MR) is 103 cm³/mol. The quantitative estimate of drug-likeness (QED) is 0.347. The molecule has 1 amide bonds. The molecule has 3 rings (SSSR count). The SMILES string of the molecule is CCOC(=O)N/N=C/c1cn(-c2ccc(Br)cc2)nc1-c1ccc([N+](=O)[O-])o1. The first-order chi connectivity index (χ1) is 13.5. The number of furan rings is 1. The molecule has 1 N–H and O–H groups in total. The Morgan fingerprint density at radius 2 is 2.14 bits per heavy atom. The van der Waals surface area contributed by atoms with Gasteiger partial charge in [-0.05, 0) is 37.3 Å². The van der Waals surface area contributed by atoms with Crippen LogP contribution in [0.2, 0.25) is 0 Å². The summed E-state index contributed by atoms with van der Waals surface area (Å²) in [5, 5.41) is 19.2. The third-order valence-electron chi connectivity index (χ3n) is 3.47. The van der Waals surface area contributed by atoms with Crippen LogP contribution in [-0.2, 0) is 4.74 Å². The lowest BCUT2D eigenvalue weighted by Crippen LogP contribution is -2.18. The molecule has 0 radical (unpaired) electrons. The highest BCUT2D eigenvalue weighted by Gasteiger charge is 2.19. The van der Waals surface area contributed by atoms with Crippen LogP contribution in [0.25, 0.3) is 17.1 Å². The molecular formula is C17H14BrN5O5. The van der Waals surface area contributed by atoms with Crippen LogP contribution < -0.4 is 5.43 Å². The summed E-state index contributed by atoms with van der Waals surface area (Å²) in [7, 11) is 0. The molecule has 0 saturated heterocycles. The van der Waals surface area contributed by atoms with Crippen LogP contribution in [0.5, 0.6) is 0 Å². The average molecular weight is 448 g/mol. The molecule has 3 aromatic rings. The number of benzene rings is 1. The molecule has 0 unspecified atom stereocenters. The second-order valence-electron chi connectivity index (χ2n) is 5.34. The second-order valence-corrected chi connectivity index (χ2v) is 6.26. The van der Waals surface area contributed by atoms with Gasteiger partial charge in [-0.25, -0.2) is 14.9 Å². The standard InChI is InChI=1S/C17H14BrN5O5/c1-2-27-17(24)20-19-9-11-10-22(13-5-3-12(18)4-6-13)21-16(11)14-7-8-15(28-14)23(25)26/h3-10H,2H2,1H3,(H,20,24)/b19-9+.